The van der Waals surface area contributed by atoms with Crippen LogP contribution in [0.2, 0.25) is 0 Å². The molecule has 0 amide bonds. The summed E-state index contributed by atoms with van der Waals surface area (Å²) in [5.41, 5.74) is 0.819. The van der Waals surface area contributed by atoms with Crippen molar-refractivity contribution >= 4 is 0 Å². The molecule has 47 valence electrons. The summed E-state index contributed by atoms with van der Waals surface area (Å²) in [5, 5.41) is 8.46. The van der Waals surface area contributed by atoms with E-state index in [1.54, 1.807) is 18.3 Å². The number of aliphatic hydroxyl groups excluding tert-OH is 1. The molecule has 0 aliphatic rings. The summed E-state index contributed by atoms with van der Waals surface area (Å²) in [4.78, 5) is 3.95. The van der Waals surface area contributed by atoms with Gasteiger partial charge >= 0.3 is 0 Å². The van der Waals surface area contributed by atoms with Gasteiger partial charge in [-0.15, -0.1) is 0 Å². The van der Waals surface area contributed by atoms with Crippen LogP contribution in [-0.4, -0.2) is 16.7 Å². The Morgan fingerprint density at radius 3 is 3.11 bits per heavy atom. The molecule has 0 aromatic carbocycles. The molecule has 2 nitrogen and oxygen atoms in total. The van der Waals surface area contributed by atoms with Crippen LogP contribution in [0.4, 0.5) is 0 Å². The summed E-state index contributed by atoms with van der Waals surface area (Å²) >= 11 is 0. The third-order valence-electron chi connectivity index (χ3n) is 1.01. The molecule has 9 heavy (non-hydrogen) atoms. The molecular weight excluding hydrogens is 114 g/mol. The van der Waals surface area contributed by atoms with Crippen LogP contribution in [0.1, 0.15) is 5.69 Å². The highest BCUT2D eigenvalue weighted by Gasteiger charge is 1.87. The minimum atomic E-state index is 0.146. The van der Waals surface area contributed by atoms with Crippen LogP contribution in [0.25, 0.3) is 0 Å². The highest BCUT2D eigenvalue weighted by molar-refractivity contribution is 5.00. The number of hydrogen-bond acceptors (Lipinski definition) is 2. The SMILES string of the molecule is OCCc1[c]cccn1. The largest absolute Gasteiger partial charge is 0.396 e. The fourth-order valence-corrected chi connectivity index (χ4v) is 0.600. The molecule has 0 aliphatic heterocycles. The Labute approximate surface area is 54.2 Å². The van der Waals surface area contributed by atoms with E-state index in [0.29, 0.717) is 6.42 Å². The molecule has 1 heterocycles. The van der Waals surface area contributed by atoms with Gasteiger partial charge in [0.2, 0.25) is 0 Å². The van der Waals surface area contributed by atoms with E-state index in [0.717, 1.165) is 5.69 Å². The Morgan fingerprint density at radius 1 is 1.67 bits per heavy atom. The molecule has 0 fully saturated rings. The van der Waals surface area contributed by atoms with Crippen molar-refractivity contribution in [1.82, 2.24) is 4.98 Å². The first kappa shape index (κ1) is 6.23. The Bertz CT molecular complexity index is 162. The second kappa shape index (κ2) is 3.20. The number of hydrogen-bond donors (Lipinski definition) is 1. The Hall–Kier alpha value is -0.890. The fourth-order valence-electron chi connectivity index (χ4n) is 0.600. The van der Waals surface area contributed by atoms with Gasteiger partial charge in [0, 0.05) is 25.3 Å². The van der Waals surface area contributed by atoms with Crippen LogP contribution in [0, 0.1) is 6.07 Å². The lowest BCUT2D eigenvalue weighted by atomic mass is 10.3. The van der Waals surface area contributed by atoms with Crippen molar-refractivity contribution in [3.8, 4) is 0 Å². The lowest BCUT2D eigenvalue weighted by molar-refractivity contribution is 0.298. The van der Waals surface area contributed by atoms with Crippen molar-refractivity contribution in [2.24, 2.45) is 0 Å². The lowest BCUT2D eigenvalue weighted by Gasteiger charge is -1.91. The van der Waals surface area contributed by atoms with Gasteiger partial charge in [-0.2, -0.15) is 0 Å². The van der Waals surface area contributed by atoms with Crippen molar-refractivity contribution < 1.29 is 5.11 Å². The van der Waals surface area contributed by atoms with Crippen LogP contribution >= 0.6 is 0 Å². The third-order valence-corrected chi connectivity index (χ3v) is 1.01. The maximum atomic E-state index is 8.46. The van der Waals surface area contributed by atoms with Gasteiger partial charge in [-0.3, -0.25) is 4.98 Å². The van der Waals surface area contributed by atoms with Crippen LogP contribution in [0.15, 0.2) is 18.3 Å². The number of nitrogens with zero attached hydrogens (tertiary/aromatic N) is 1. The van der Waals surface area contributed by atoms with E-state index < -0.39 is 0 Å². The van der Waals surface area contributed by atoms with E-state index >= 15 is 0 Å². The van der Waals surface area contributed by atoms with Gasteiger partial charge in [-0.1, -0.05) is 6.07 Å². The summed E-state index contributed by atoms with van der Waals surface area (Å²) in [6, 6.07) is 6.49. The zero-order valence-corrected chi connectivity index (χ0v) is 5.04. The van der Waals surface area contributed by atoms with Crippen LogP contribution in [-0.2, 0) is 6.42 Å². The van der Waals surface area contributed by atoms with Crippen molar-refractivity contribution in [1.29, 1.82) is 0 Å². The standard InChI is InChI=1S/C7H8NO/c9-6-4-7-3-1-2-5-8-7/h1-2,5,9H,4,6H2. The van der Waals surface area contributed by atoms with E-state index in [9.17, 15) is 0 Å². The highest BCUT2D eigenvalue weighted by atomic mass is 16.3. The van der Waals surface area contributed by atoms with Crippen LogP contribution < -0.4 is 0 Å². The molecule has 0 saturated heterocycles. The molecule has 1 N–H and O–H groups in total. The normalized spacial score (nSPS) is 9.44. The predicted molar refractivity (Wildman–Crippen MR) is 33.9 cm³/mol. The average Bonchev–Trinajstić information content (AvgIpc) is 1.91. The van der Waals surface area contributed by atoms with Crippen molar-refractivity contribution in [2.75, 3.05) is 6.61 Å². The zero-order chi connectivity index (χ0) is 6.53. The molecule has 0 aliphatic carbocycles. The molecule has 1 aromatic rings. The Balaban J connectivity index is 2.61. The maximum absolute atomic E-state index is 8.46. The molecule has 1 rings (SSSR count). The molecule has 0 bridgehead atoms. The predicted octanol–water partition coefficient (Wildman–Crippen LogP) is 0.417. The van der Waals surface area contributed by atoms with Gasteiger partial charge in [0.25, 0.3) is 0 Å². The summed E-state index contributed by atoms with van der Waals surface area (Å²) in [6.45, 7) is 0.146. The quantitative estimate of drug-likeness (QED) is 0.616. The molecule has 0 atom stereocenters. The second-order valence-corrected chi connectivity index (χ2v) is 1.70. The second-order valence-electron chi connectivity index (χ2n) is 1.70. The van der Waals surface area contributed by atoms with Gasteiger partial charge in [-0.05, 0) is 6.07 Å². The van der Waals surface area contributed by atoms with Gasteiger partial charge < -0.3 is 5.11 Å². The Morgan fingerprint density at radius 2 is 2.56 bits per heavy atom. The molecule has 1 aromatic heterocycles. The van der Waals surface area contributed by atoms with E-state index in [2.05, 4.69) is 11.1 Å². The summed E-state index contributed by atoms with van der Waals surface area (Å²) in [5.74, 6) is 0. The number of aliphatic hydroxyl groups is 1. The van der Waals surface area contributed by atoms with E-state index in [4.69, 9.17) is 5.11 Å². The molecule has 0 spiro atoms. The monoisotopic (exact) mass is 122 g/mol. The van der Waals surface area contributed by atoms with Gasteiger partial charge in [0.15, 0.2) is 0 Å². The number of aromatic nitrogens is 1. The van der Waals surface area contributed by atoms with E-state index in [1.165, 1.54) is 0 Å². The minimum Gasteiger partial charge on any atom is -0.396 e. The van der Waals surface area contributed by atoms with Gasteiger partial charge in [-0.25, -0.2) is 0 Å². The average molecular weight is 122 g/mol. The first-order chi connectivity index (χ1) is 4.43. The van der Waals surface area contributed by atoms with Crippen molar-refractivity contribution in [2.45, 2.75) is 6.42 Å². The maximum Gasteiger partial charge on any atom is 0.0505 e. The van der Waals surface area contributed by atoms with Crippen molar-refractivity contribution in [3.05, 3.63) is 30.1 Å². The summed E-state index contributed by atoms with van der Waals surface area (Å²) < 4.78 is 0. The first-order valence-corrected chi connectivity index (χ1v) is 2.86. The Kier molecular flexibility index (Phi) is 2.22. The summed E-state index contributed by atoms with van der Waals surface area (Å²) in [6.07, 6.45) is 2.29. The highest BCUT2D eigenvalue weighted by Crippen LogP contribution is 1.90. The molecule has 0 unspecified atom stereocenters. The molecule has 2 heteroatoms. The molecular formula is C7H8NO. The lowest BCUT2D eigenvalue weighted by Crippen LogP contribution is -1.92. The number of pyridine rings is 1. The third kappa shape index (κ3) is 1.82. The minimum absolute atomic E-state index is 0.146. The molecule has 1 radical (unpaired) electrons. The molecule has 0 saturated carbocycles. The number of rotatable bonds is 2. The van der Waals surface area contributed by atoms with Gasteiger partial charge in [0.1, 0.15) is 0 Å². The topological polar surface area (TPSA) is 33.1 Å². The zero-order valence-electron chi connectivity index (χ0n) is 5.04. The smallest absolute Gasteiger partial charge is 0.0505 e. The van der Waals surface area contributed by atoms with Crippen LogP contribution in [0.3, 0.4) is 0 Å². The van der Waals surface area contributed by atoms with Crippen molar-refractivity contribution in [3.63, 3.8) is 0 Å². The van der Waals surface area contributed by atoms with E-state index in [1.807, 2.05) is 0 Å². The summed E-state index contributed by atoms with van der Waals surface area (Å²) in [7, 11) is 0. The van der Waals surface area contributed by atoms with E-state index in [-0.39, 0.29) is 6.61 Å². The first-order valence-electron chi connectivity index (χ1n) is 2.86. The van der Waals surface area contributed by atoms with Gasteiger partial charge in [0.05, 0.1) is 5.69 Å². The van der Waals surface area contributed by atoms with Crippen LogP contribution in [0.5, 0.6) is 0 Å². The fraction of sp³-hybridized carbons (Fsp3) is 0.286.